The van der Waals surface area contributed by atoms with Gasteiger partial charge in [0.15, 0.2) is 11.4 Å². The van der Waals surface area contributed by atoms with E-state index in [1.807, 2.05) is 45.0 Å². The number of carbonyl (C=O) groups excluding carboxylic acids is 2. The van der Waals surface area contributed by atoms with Crippen LogP contribution in [0, 0.1) is 13.8 Å². The predicted octanol–water partition coefficient (Wildman–Crippen LogP) is 5.58. The number of hydrogen-bond acceptors (Lipinski definition) is 3. The number of halogens is 1. The number of rotatable bonds is 5. The lowest BCUT2D eigenvalue weighted by Crippen LogP contribution is -2.42. The summed E-state index contributed by atoms with van der Waals surface area (Å²) in [5.41, 5.74) is 2.79. The van der Waals surface area contributed by atoms with Gasteiger partial charge in [-0.3, -0.25) is 9.59 Å². The quantitative estimate of drug-likeness (QED) is 0.578. The molecule has 0 radical (unpaired) electrons. The lowest BCUT2D eigenvalue weighted by Gasteiger charge is -2.25. The van der Waals surface area contributed by atoms with Gasteiger partial charge in [0.25, 0.3) is 5.91 Å². The van der Waals surface area contributed by atoms with E-state index < -0.39 is 11.5 Å². The van der Waals surface area contributed by atoms with Crippen LogP contribution in [-0.4, -0.2) is 23.3 Å². The van der Waals surface area contributed by atoms with E-state index in [0.29, 0.717) is 23.4 Å². The van der Waals surface area contributed by atoms with Crippen LogP contribution in [0.15, 0.2) is 34.8 Å². The molecule has 1 N–H and O–H groups in total. The third-order valence-corrected chi connectivity index (χ3v) is 6.33. The number of hydrogen-bond donors (Lipinski definition) is 1. The average molecular weight is 472 g/mol. The molecule has 0 spiro atoms. The first kappa shape index (κ1) is 22.7. The van der Waals surface area contributed by atoms with Crippen molar-refractivity contribution in [2.75, 3.05) is 11.4 Å². The number of aryl methyl sites for hydroxylation is 2. The summed E-state index contributed by atoms with van der Waals surface area (Å²) in [6.45, 7) is 12.7. The zero-order valence-corrected chi connectivity index (χ0v) is 20.2. The molecule has 0 unspecified atom stereocenters. The van der Waals surface area contributed by atoms with Crippen molar-refractivity contribution in [1.29, 1.82) is 0 Å². The van der Waals surface area contributed by atoms with Gasteiger partial charge in [-0.15, -0.1) is 0 Å². The van der Waals surface area contributed by atoms with E-state index in [2.05, 4.69) is 36.7 Å². The van der Waals surface area contributed by atoms with E-state index in [9.17, 15) is 14.7 Å². The first-order valence-corrected chi connectivity index (χ1v) is 11.2. The molecule has 1 aliphatic rings. The highest BCUT2D eigenvalue weighted by Crippen LogP contribution is 2.44. The van der Waals surface area contributed by atoms with Crippen LogP contribution in [0.25, 0.3) is 0 Å². The molecule has 2 aromatic carbocycles. The van der Waals surface area contributed by atoms with Gasteiger partial charge in [0.2, 0.25) is 0 Å². The highest BCUT2D eigenvalue weighted by molar-refractivity contribution is 9.10. The van der Waals surface area contributed by atoms with E-state index in [1.165, 1.54) is 0 Å². The maximum atomic E-state index is 13.4. The largest absolute Gasteiger partial charge is 0.375 e. The maximum Gasteiger partial charge on any atom is 0.264 e. The molecule has 1 atom stereocenters. The predicted molar refractivity (Wildman–Crippen MR) is 124 cm³/mol. The lowest BCUT2D eigenvalue weighted by atomic mass is 9.81. The number of nitrogens with zero attached hydrogens (tertiary/aromatic N) is 1. The maximum absolute atomic E-state index is 13.4. The fourth-order valence-electron chi connectivity index (χ4n) is 4.30. The molecule has 1 aliphatic heterocycles. The number of aliphatic hydroxyl groups is 1. The van der Waals surface area contributed by atoms with Crippen LogP contribution < -0.4 is 4.90 Å². The normalized spacial score (nSPS) is 18.7. The average Bonchev–Trinajstić information content (AvgIpc) is 2.82. The summed E-state index contributed by atoms with van der Waals surface area (Å²) >= 11 is 3.43. The van der Waals surface area contributed by atoms with Crippen molar-refractivity contribution in [3.63, 3.8) is 0 Å². The summed E-state index contributed by atoms with van der Waals surface area (Å²) in [7, 11) is 0. The van der Waals surface area contributed by atoms with E-state index in [-0.39, 0.29) is 17.6 Å². The summed E-state index contributed by atoms with van der Waals surface area (Å²) < 4.78 is 0.764. The third-order valence-electron chi connectivity index (χ3n) is 5.84. The standard InChI is InChI=1S/C25H30BrNO3/c1-7-10-27-20-9-8-18(26)13-19(20)25(30,23(27)29)14-21(28)22-15(2)11-17(12-16(22)3)24(4,5)6/h8-9,11-13,30H,7,10,14H2,1-6H3/t25-/m1/s1. The Morgan fingerprint density at radius 3 is 2.27 bits per heavy atom. The van der Waals surface area contributed by atoms with Crippen LogP contribution in [0.1, 0.15) is 73.1 Å². The monoisotopic (exact) mass is 471 g/mol. The van der Waals surface area contributed by atoms with Crippen LogP contribution in [0.2, 0.25) is 0 Å². The van der Waals surface area contributed by atoms with Gasteiger partial charge in [-0.2, -0.15) is 0 Å². The highest BCUT2D eigenvalue weighted by atomic mass is 79.9. The number of benzene rings is 2. The first-order chi connectivity index (χ1) is 13.9. The molecule has 0 saturated heterocycles. The fraction of sp³-hybridized carbons (Fsp3) is 0.440. The number of amides is 1. The molecule has 1 heterocycles. The van der Waals surface area contributed by atoms with Gasteiger partial charge in [0.1, 0.15) is 0 Å². The Kier molecular flexibility index (Phi) is 6.00. The minimum atomic E-state index is -1.85. The van der Waals surface area contributed by atoms with Crippen molar-refractivity contribution in [1.82, 2.24) is 0 Å². The molecule has 2 aromatic rings. The van der Waals surface area contributed by atoms with E-state index in [4.69, 9.17) is 0 Å². The molecule has 0 aromatic heterocycles. The molecule has 30 heavy (non-hydrogen) atoms. The van der Waals surface area contributed by atoms with Gasteiger partial charge < -0.3 is 10.0 Å². The molecule has 4 nitrogen and oxygen atoms in total. The number of anilines is 1. The molecule has 5 heteroatoms. The lowest BCUT2D eigenvalue weighted by molar-refractivity contribution is -0.135. The molecule has 0 bridgehead atoms. The molecule has 1 amide bonds. The molecule has 160 valence electrons. The third kappa shape index (κ3) is 3.85. The van der Waals surface area contributed by atoms with Gasteiger partial charge in [-0.1, -0.05) is 55.8 Å². The number of carbonyl (C=O) groups is 2. The van der Waals surface area contributed by atoms with Crippen LogP contribution in [0.5, 0.6) is 0 Å². The van der Waals surface area contributed by atoms with Gasteiger partial charge in [-0.05, 0) is 60.6 Å². The van der Waals surface area contributed by atoms with E-state index in [0.717, 1.165) is 27.6 Å². The fourth-order valence-corrected chi connectivity index (χ4v) is 4.66. The molecule has 0 aliphatic carbocycles. The van der Waals surface area contributed by atoms with Gasteiger partial charge in [0, 0.05) is 22.1 Å². The first-order valence-electron chi connectivity index (χ1n) is 10.4. The minimum Gasteiger partial charge on any atom is -0.375 e. The molecule has 0 fully saturated rings. The molecule has 0 saturated carbocycles. The Morgan fingerprint density at radius 2 is 1.73 bits per heavy atom. The number of ketones is 1. The van der Waals surface area contributed by atoms with Crippen molar-refractivity contribution < 1.29 is 14.7 Å². The summed E-state index contributed by atoms with van der Waals surface area (Å²) in [5, 5.41) is 11.5. The van der Waals surface area contributed by atoms with Crippen molar-refractivity contribution in [3.8, 4) is 0 Å². The van der Waals surface area contributed by atoms with Crippen molar-refractivity contribution >= 4 is 33.3 Å². The van der Waals surface area contributed by atoms with E-state index in [1.54, 1.807) is 11.0 Å². The van der Waals surface area contributed by atoms with Crippen LogP contribution in [-0.2, 0) is 15.8 Å². The zero-order chi connectivity index (χ0) is 22.4. The Balaban J connectivity index is 2.03. The van der Waals surface area contributed by atoms with Crippen molar-refractivity contribution in [2.45, 2.75) is 65.4 Å². The van der Waals surface area contributed by atoms with Crippen molar-refractivity contribution in [2.24, 2.45) is 0 Å². The zero-order valence-electron chi connectivity index (χ0n) is 18.6. The molecule has 3 rings (SSSR count). The Bertz CT molecular complexity index is 999. The molecular formula is C25H30BrNO3. The summed E-state index contributed by atoms with van der Waals surface area (Å²) in [6.07, 6.45) is 0.490. The van der Waals surface area contributed by atoms with Crippen LogP contribution in [0.3, 0.4) is 0 Å². The minimum absolute atomic E-state index is 0.0252. The Morgan fingerprint density at radius 1 is 1.13 bits per heavy atom. The Hall–Kier alpha value is -1.98. The second-order valence-electron chi connectivity index (χ2n) is 9.31. The summed E-state index contributed by atoms with van der Waals surface area (Å²) in [5.74, 6) is -0.641. The van der Waals surface area contributed by atoms with Gasteiger partial charge in [-0.25, -0.2) is 0 Å². The topological polar surface area (TPSA) is 57.6 Å². The van der Waals surface area contributed by atoms with Crippen LogP contribution in [0.4, 0.5) is 5.69 Å². The van der Waals surface area contributed by atoms with Gasteiger partial charge >= 0.3 is 0 Å². The second kappa shape index (κ2) is 7.93. The van der Waals surface area contributed by atoms with E-state index >= 15 is 0 Å². The second-order valence-corrected chi connectivity index (χ2v) is 10.2. The summed E-state index contributed by atoms with van der Waals surface area (Å²) in [4.78, 5) is 28.2. The molecular weight excluding hydrogens is 442 g/mol. The SMILES string of the molecule is CCCN1C(=O)[C@@](O)(CC(=O)c2c(C)cc(C(C)(C)C)cc2C)c2cc(Br)ccc21. The van der Waals surface area contributed by atoms with Crippen LogP contribution >= 0.6 is 15.9 Å². The Labute approximate surface area is 187 Å². The number of Topliss-reactive ketones (excluding diaryl/α,β-unsaturated/α-hetero) is 1. The van der Waals surface area contributed by atoms with Crippen molar-refractivity contribution in [3.05, 3.63) is 62.6 Å². The highest BCUT2D eigenvalue weighted by Gasteiger charge is 2.51. The smallest absolute Gasteiger partial charge is 0.264 e. The number of fused-ring (bicyclic) bond motifs is 1. The van der Waals surface area contributed by atoms with Gasteiger partial charge in [0.05, 0.1) is 12.1 Å². The summed E-state index contributed by atoms with van der Waals surface area (Å²) in [6, 6.07) is 9.49.